The summed E-state index contributed by atoms with van der Waals surface area (Å²) < 4.78 is 32.4. The van der Waals surface area contributed by atoms with Crippen molar-refractivity contribution in [1.82, 2.24) is 4.72 Å². The van der Waals surface area contributed by atoms with E-state index in [2.05, 4.69) is 18.6 Å². The van der Waals surface area contributed by atoms with Crippen LogP contribution >= 0.6 is 11.3 Å². The third-order valence-electron chi connectivity index (χ3n) is 2.50. The van der Waals surface area contributed by atoms with Crippen molar-refractivity contribution in [3.8, 4) is 0 Å². The fourth-order valence-corrected chi connectivity index (χ4v) is 4.04. The number of hydrogen-bond donors (Lipinski definition) is 2. The molecule has 0 fully saturated rings. The maximum Gasteiger partial charge on any atom is 0.250 e. The molecule has 20 heavy (non-hydrogen) atoms. The van der Waals surface area contributed by atoms with Gasteiger partial charge in [0.2, 0.25) is 10.0 Å². The lowest BCUT2D eigenvalue weighted by Crippen LogP contribution is -2.25. The van der Waals surface area contributed by atoms with E-state index in [1.54, 1.807) is 6.07 Å². The zero-order valence-corrected chi connectivity index (χ0v) is 13.7. The fraction of sp³-hybridized carbons (Fsp3) is 0.692. The van der Waals surface area contributed by atoms with Gasteiger partial charge in [0.05, 0.1) is 0 Å². The van der Waals surface area contributed by atoms with Crippen LogP contribution in [0.25, 0.3) is 0 Å². The minimum Gasteiger partial charge on any atom is -0.381 e. The van der Waals surface area contributed by atoms with Gasteiger partial charge in [-0.15, -0.1) is 11.3 Å². The quantitative estimate of drug-likeness (QED) is 0.642. The Morgan fingerprint density at radius 2 is 2.15 bits per heavy atom. The molecule has 0 aliphatic rings. The summed E-state index contributed by atoms with van der Waals surface area (Å²) in [6.07, 6.45) is 1.39. The molecule has 0 aliphatic carbocycles. The van der Waals surface area contributed by atoms with Gasteiger partial charge in [-0.1, -0.05) is 13.8 Å². The van der Waals surface area contributed by atoms with Crippen LogP contribution in [0.4, 0.5) is 0 Å². The summed E-state index contributed by atoms with van der Waals surface area (Å²) in [5, 5.41) is 0. The monoisotopic (exact) mass is 320 g/mol. The van der Waals surface area contributed by atoms with Crippen LogP contribution in [0.15, 0.2) is 16.3 Å². The van der Waals surface area contributed by atoms with E-state index in [0.717, 1.165) is 4.88 Å². The molecule has 116 valence electrons. The summed E-state index contributed by atoms with van der Waals surface area (Å²) in [5.41, 5.74) is 5.45. The lowest BCUT2D eigenvalue weighted by atomic mass is 10.2. The van der Waals surface area contributed by atoms with E-state index in [9.17, 15) is 8.42 Å². The van der Waals surface area contributed by atoms with Gasteiger partial charge in [0, 0.05) is 24.6 Å². The Morgan fingerprint density at radius 1 is 1.40 bits per heavy atom. The van der Waals surface area contributed by atoms with Gasteiger partial charge in [0.15, 0.2) is 0 Å². The summed E-state index contributed by atoms with van der Waals surface area (Å²) in [6.45, 7) is 6.37. The van der Waals surface area contributed by atoms with Crippen molar-refractivity contribution in [2.24, 2.45) is 11.7 Å². The first-order valence-electron chi connectivity index (χ1n) is 6.82. The summed E-state index contributed by atoms with van der Waals surface area (Å²) in [6, 6.07) is 3.45. The molecule has 1 heterocycles. The van der Waals surface area contributed by atoms with Crippen LogP contribution in [0.2, 0.25) is 0 Å². The summed E-state index contributed by atoms with van der Waals surface area (Å²) >= 11 is 1.27. The Kier molecular flexibility index (Phi) is 7.68. The minimum absolute atomic E-state index is 0.351. The molecule has 0 aliphatic heterocycles. The molecule has 0 unspecified atom stereocenters. The van der Waals surface area contributed by atoms with Gasteiger partial charge in [-0.25, -0.2) is 13.1 Å². The Bertz CT molecular complexity index is 484. The molecule has 0 atom stereocenters. The second kappa shape index (κ2) is 8.74. The molecule has 0 radical (unpaired) electrons. The van der Waals surface area contributed by atoms with E-state index in [1.165, 1.54) is 11.3 Å². The van der Waals surface area contributed by atoms with Gasteiger partial charge >= 0.3 is 0 Å². The predicted molar refractivity (Wildman–Crippen MR) is 82.5 cm³/mol. The number of ether oxygens (including phenoxy) is 1. The molecule has 1 aromatic rings. The highest BCUT2D eigenvalue weighted by molar-refractivity contribution is 7.91. The molecule has 0 aromatic carbocycles. The highest BCUT2D eigenvalue weighted by Gasteiger charge is 2.15. The van der Waals surface area contributed by atoms with E-state index in [0.29, 0.717) is 49.3 Å². The zero-order chi connectivity index (χ0) is 15.0. The molecule has 7 heteroatoms. The molecule has 0 bridgehead atoms. The minimum atomic E-state index is -3.39. The first-order chi connectivity index (χ1) is 9.45. The van der Waals surface area contributed by atoms with E-state index < -0.39 is 10.0 Å². The number of nitrogens with one attached hydrogen (secondary N) is 1. The topological polar surface area (TPSA) is 81.4 Å². The third kappa shape index (κ3) is 6.32. The van der Waals surface area contributed by atoms with Crippen molar-refractivity contribution in [2.45, 2.75) is 30.9 Å². The lowest BCUT2D eigenvalue weighted by Gasteiger charge is -2.07. The molecule has 0 saturated heterocycles. The van der Waals surface area contributed by atoms with Gasteiger partial charge in [0.1, 0.15) is 4.21 Å². The maximum atomic E-state index is 12.0. The standard InChI is InChI=1S/C13H24N2O3S2/c1-11(2)10-18-9-3-8-15-20(16,17)13-5-4-12(19-13)6-7-14/h4-5,11,15H,3,6-10,14H2,1-2H3. The second-order valence-corrected chi connectivity index (χ2v) is 8.14. The lowest BCUT2D eigenvalue weighted by molar-refractivity contribution is 0.108. The van der Waals surface area contributed by atoms with Crippen molar-refractivity contribution >= 4 is 21.4 Å². The van der Waals surface area contributed by atoms with Crippen molar-refractivity contribution in [3.63, 3.8) is 0 Å². The molecule has 1 aromatic heterocycles. The van der Waals surface area contributed by atoms with E-state index in [1.807, 2.05) is 6.07 Å². The summed E-state index contributed by atoms with van der Waals surface area (Å²) in [5.74, 6) is 0.499. The average molecular weight is 320 g/mol. The van der Waals surface area contributed by atoms with Crippen LogP contribution in [-0.4, -0.2) is 34.7 Å². The third-order valence-corrected chi connectivity index (χ3v) is 5.60. The maximum absolute atomic E-state index is 12.0. The van der Waals surface area contributed by atoms with Crippen molar-refractivity contribution in [3.05, 3.63) is 17.0 Å². The number of hydrogen-bond acceptors (Lipinski definition) is 5. The van der Waals surface area contributed by atoms with Gasteiger partial charge in [-0.3, -0.25) is 0 Å². The van der Waals surface area contributed by atoms with Crippen LogP contribution in [-0.2, 0) is 21.2 Å². The van der Waals surface area contributed by atoms with Crippen molar-refractivity contribution in [2.75, 3.05) is 26.3 Å². The van der Waals surface area contributed by atoms with Crippen LogP contribution < -0.4 is 10.5 Å². The van der Waals surface area contributed by atoms with Crippen molar-refractivity contribution in [1.29, 1.82) is 0 Å². The van der Waals surface area contributed by atoms with E-state index >= 15 is 0 Å². The number of thiophene rings is 1. The van der Waals surface area contributed by atoms with E-state index in [-0.39, 0.29) is 0 Å². The molecular weight excluding hydrogens is 296 g/mol. The fourth-order valence-electron chi connectivity index (χ4n) is 1.55. The van der Waals surface area contributed by atoms with Crippen LogP contribution in [0.1, 0.15) is 25.1 Å². The SMILES string of the molecule is CC(C)COCCCNS(=O)(=O)c1ccc(CCN)s1. The Hall–Kier alpha value is -0.470. The second-order valence-electron chi connectivity index (χ2n) is 4.98. The van der Waals surface area contributed by atoms with Gasteiger partial charge in [-0.2, -0.15) is 0 Å². The van der Waals surface area contributed by atoms with Gasteiger partial charge in [0.25, 0.3) is 0 Å². The number of rotatable bonds is 10. The predicted octanol–water partition coefficient (Wildman–Crippen LogP) is 1.59. The largest absolute Gasteiger partial charge is 0.381 e. The number of sulfonamides is 1. The summed E-state index contributed by atoms with van der Waals surface area (Å²) in [4.78, 5) is 0.994. The zero-order valence-electron chi connectivity index (χ0n) is 12.1. The number of nitrogens with two attached hydrogens (primary N) is 1. The van der Waals surface area contributed by atoms with Gasteiger partial charge in [-0.05, 0) is 37.4 Å². The molecule has 0 saturated carbocycles. The molecule has 3 N–H and O–H groups in total. The van der Waals surface area contributed by atoms with Crippen LogP contribution in [0.3, 0.4) is 0 Å². The first kappa shape index (κ1) is 17.6. The highest BCUT2D eigenvalue weighted by Crippen LogP contribution is 2.21. The molecule has 0 amide bonds. The Morgan fingerprint density at radius 3 is 2.80 bits per heavy atom. The van der Waals surface area contributed by atoms with Gasteiger partial charge < -0.3 is 10.5 Å². The van der Waals surface area contributed by atoms with Crippen LogP contribution in [0, 0.1) is 5.92 Å². The van der Waals surface area contributed by atoms with Crippen LogP contribution in [0.5, 0.6) is 0 Å². The smallest absolute Gasteiger partial charge is 0.250 e. The van der Waals surface area contributed by atoms with Crippen molar-refractivity contribution < 1.29 is 13.2 Å². The highest BCUT2D eigenvalue weighted by atomic mass is 32.2. The van der Waals surface area contributed by atoms with E-state index in [4.69, 9.17) is 10.5 Å². The molecule has 1 rings (SSSR count). The first-order valence-corrected chi connectivity index (χ1v) is 9.12. The molecule has 5 nitrogen and oxygen atoms in total. The Labute approximate surface area is 125 Å². The molecular formula is C13H24N2O3S2. The summed E-state index contributed by atoms with van der Waals surface area (Å²) in [7, 11) is -3.39. The average Bonchev–Trinajstić information content (AvgIpc) is 2.83. The normalized spacial score (nSPS) is 12.2. The molecule has 0 spiro atoms. The Balaban J connectivity index is 2.33.